The molecule has 31 heteroatoms. The highest BCUT2D eigenvalue weighted by Crippen LogP contribution is 2.40. The molecular weight excluding hydrogens is 1290 g/mol. The van der Waals surface area contributed by atoms with E-state index in [4.69, 9.17) is 80.6 Å². The van der Waals surface area contributed by atoms with Crippen LogP contribution in [0.25, 0.3) is 0 Å². The van der Waals surface area contributed by atoms with Crippen LogP contribution in [0.2, 0.25) is 20.1 Å². The summed E-state index contributed by atoms with van der Waals surface area (Å²) in [7, 11) is -3.69. The SMILES string of the molecule is CN1Cc2c(Cl)cc(Cl)cc2[C@H](c2cccc(S(=O)(=O)NCCOCCOCCNC(=O)NCCN(CCNC(=O)NCCOCCOCCN)CCNC(=O)NCCOCCOCCNS(=O)(=O)c3cccc([C@@H]4CN(C)Cc5c(Cl)cc(Cl)cc54)c3)c2)C1. The standard InChI is InChI=1S/C59H86Cl4N12O13S2/c1-73-39-51(49-35-45(60)37-55(62)53(49)41-73)43-5-3-7-47(33-43)89(79,80)71-16-25-87-31-29-85-23-14-69-58(77)66-11-19-75(18-10-65-57(76)68-13-22-84-28-27-83-21-9-64)20-12-67-59(78)70-15-24-86-30-32-88-26-17-72-90(81,82)48-8-4-6-44(34-48)52-40-74(2)42-54-50(52)36-46(61)38-56(54)63/h3-8,33-38,51-52,71-72H,9-32,39-42,64H2,1-2H3,(H2,65,68,76)(H2,66,69,77)(H2,67,70,78)/t51-,52-/m0/s1. The van der Waals surface area contributed by atoms with Crippen LogP contribution in [0.3, 0.4) is 0 Å². The first-order valence-electron chi connectivity index (χ1n) is 29.8. The average molecular weight is 1380 g/mol. The number of amides is 6. The van der Waals surface area contributed by atoms with Gasteiger partial charge in [0.25, 0.3) is 0 Å². The number of ether oxygens (including phenoxy) is 6. The van der Waals surface area contributed by atoms with E-state index in [1.54, 1.807) is 48.5 Å². The van der Waals surface area contributed by atoms with Gasteiger partial charge in [-0.15, -0.1) is 0 Å². The number of nitrogens with one attached hydrogen (secondary N) is 8. The zero-order valence-corrected chi connectivity index (χ0v) is 55.6. The molecule has 0 aromatic heterocycles. The Morgan fingerprint density at radius 1 is 0.478 bits per heavy atom. The number of nitrogens with zero attached hydrogens (tertiary/aromatic N) is 3. The predicted molar refractivity (Wildman–Crippen MR) is 347 cm³/mol. The summed E-state index contributed by atoms with van der Waals surface area (Å²) in [5.74, 6) is -0.234. The monoisotopic (exact) mass is 1370 g/mol. The number of hydrogen-bond acceptors (Lipinski definition) is 17. The fraction of sp³-hybridized carbons (Fsp3) is 0.542. The van der Waals surface area contributed by atoms with E-state index in [0.717, 1.165) is 33.4 Å². The maximum absolute atomic E-state index is 13.3. The van der Waals surface area contributed by atoms with E-state index in [9.17, 15) is 31.2 Å². The summed E-state index contributed by atoms with van der Waals surface area (Å²) in [6.07, 6.45) is 0. The summed E-state index contributed by atoms with van der Waals surface area (Å²) >= 11 is 25.8. The van der Waals surface area contributed by atoms with E-state index in [2.05, 4.69) is 51.1 Å². The molecule has 0 spiro atoms. The van der Waals surface area contributed by atoms with Crippen molar-refractivity contribution in [2.24, 2.45) is 5.73 Å². The van der Waals surface area contributed by atoms with Gasteiger partial charge in [-0.3, -0.25) is 4.90 Å². The summed E-state index contributed by atoms with van der Waals surface area (Å²) in [5, 5.41) is 18.9. The molecule has 0 radical (unpaired) electrons. The quantitative estimate of drug-likeness (QED) is 0.0284. The number of nitrogens with two attached hydrogens (primary N) is 1. The number of carbonyl (C=O) groups is 3. The fourth-order valence-electron chi connectivity index (χ4n) is 9.99. The van der Waals surface area contributed by atoms with E-state index < -0.39 is 32.1 Å². The maximum atomic E-state index is 13.3. The molecule has 500 valence electrons. The minimum atomic E-state index is -3.84. The first-order valence-corrected chi connectivity index (χ1v) is 34.3. The predicted octanol–water partition coefficient (Wildman–Crippen LogP) is 3.97. The summed E-state index contributed by atoms with van der Waals surface area (Å²) in [4.78, 5) is 44.2. The summed E-state index contributed by atoms with van der Waals surface area (Å²) in [6.45, 7) is 8.95. The third kappa shape index (κ3) is 26.0. The van der Waals surface area contributed by atoms with Crippen molar-refractivity contribution < 1.29 is 59.6 Å². The molecule has 25 nitrogen and oxygen atoms in total. The lowest BCUT2D eigenvalue weighted by Crippen LogP contribution is -2.47. The van der Waals surface area contributed by atoms with Crippen LogP contribution in [0.1, 0.15) is 45.2 Å². The Labute approximate surface area is 548 Å². The van der Waals surface area contributed by atoms with Crippen LogP contribution < -0.4 is 47.1 Å². The van der Waals surface area contributed by atoms with Gasteiger partial charge in [-0.2, -0.15) is 0 Å². The van der Waals surface area contributed by atoms with Crippen LogP contribution >= 0.6 is 46.4 Å². The molecular formula is C59H86Cl4N12O13S2. The van der Waals surface area contributed by atoms with Crippen molar-refractivity contribution in [2.45, 2.75) is 34.7 Å². The van der Waals surface area contributed by atoms with Crippen molar-refractivity contribution in [1.82, 2.24) is 56.0 Å². The van der Waals surface area contributed by atoms with Gasteiger partial charge in [0.2, 0.25) is 20.0 Å². The first kappa shape index (κ1) is 74.3. The van der Waals surface area contributed by atoms with Gasteiger partial charge in [-0.05, 0) is 96.0 Å². The highest BCUT2D eigenvalue weighted by Gasteiger charge is 2.30. The van der Waals surface area contributed by atoms with Gasteiger partial charge in [0, 0.05) is 137 Å². The smallest absolute Gasteiger partial charge is 0.314 e. The van der Waals surface area contributed by atoms with Crippen molar-refractivity contribution in [2.75, 3.05) is 185 Å². The van der Waals surface area contributed by atoms with Crippen molar-refractivity contribution in [3.05, 3.63) is 126 Å². The lowest BCUT2D eigenvalue weighted by atomic mass is 9.85. The van der Waals surface area contributed by atoms with Crippen molar-refractivity contribution >= 4 is 84.5 Å². The lowest BCUT2D eigenvalue weighted by molar-refractivity contribution is 0.0516. The molecule has 0 saturated heterocycles. The van der Waals surface area contributed by atoms with Crippen LogP contribution in [0.15, 0.2) is 82.6 Å². The minimum Gasteiger partial charge on any atom is -0.378 e. The highest BCUT2D eigenvalue weighted by atomic mass is 35.5. The van der Waals surface area contributed by atoms with E-state index in [1.165, 1.54) is 0 Å². The van der Waals surface area contributed by atoms with E-state index in [0.29, 0.717) is 105 Å². The minimum absolute atomic E-state index is 0.0482. The molecule has 10 N–H and O–H groups in total. The Balaban J connectivity index is 0.806. The number of likely N-dealkylation sites (N-methyl/N-ethyl adjacent to an activating group) is 2. The normalized spacial score (nSPS) is 15.3. The summed E-state index contributed by atoms with van der Waals surface area (Å²) in [6, 6.07) is 19.8. The van der Waals surface area contributed by atoms with Gasteiger partial charge in [-0.1, -0.05) is 70.7 Å². The third-order valence-electron chi connectivity index (χ3n) is 14.3. The Morgan fingerprint density at radius 2 is 0.811 bits per heavy atom. The molecule has 6 amide bonds. The lowest BCUT2D eigenvalue weighted by Gasteiger charge is -2.33. The zero-order valence-electron chi connectivity index (χ0n) is 50.9. The Morgan fingerprint density at radius 3 is 1.17 bits per heavy atom. The number of sulfonamides is 2. The molecule has 0 unspecified atom stereocenters. The van der Waals surface area contributed by atoms with E-state index in [-0.39, 0.29) is 126 Å². The van der Waals surface area contributed by atoms with Crippen molar-refractivity contribution in [3.8, 4) is 0 Å². The summed E-state index contributed by atoms with van der Waals surface area (Å²) < 4.78 is 91.3. The number of urea groups is 3. The molecule has 0 bridgehead atoms. The molecule has 90 heavy (non-hydrogen) atoms. The Bertz CT molecular complexity index is 2950. The summed E-state index contributed by atoms with van der Waals surface area (Å²) in [5.41, 5.74) is 11.0. The molecule has 2 heterocycles. The second-order valence-electron chi connectivity index (χ2n) is 21.2. The Kier molecular flexibility index (Phi) is 32.8. The topological polar surface area (TPSA) is 307 Å². The van der Waals surface area contributed by atoms with Gasteiger partial charge in [-0.25, -0.2) is 40.7 Å². The molecule has 4 aromatic rings. The molecule has 0 saturated carbocycles. The molecule has 0 fully saturated rings. The van der Waals surface area contributed by atoms with Crippen LogP contribution in [-0.4, -0.2) is 235 Å². The number of fused-ring (bicyclic) bond motifs is 2. The van der Waals surface area contributed by atoms with Gasteiger partial charge >= 0.3 is 18.1 Å². The van der Waals surface area contributed by atoms with E-state index in [1.807, 2.05) is 43.3 Å². The third-order valence-corrected chi connectivity index (χ3v) is 18.3. The van der Waals surface area contributed by atoms with Crippen LogP contribution in [-0.2, 0) is 61.6 Å². The van der Waals surface area contributed by atoms with Crippen LogP contribution in [0.5, 0.6) is 0 Å². The second-order valence-corrected chi connectivity index (χ2v) is 26.4. The second kappa shape index (κ2) is 39.7. The molecule has 6 rings (SSSR count). The molecule has 0 aliphatic carbocycles. The molecule has 4 aromatic carbocycles. The number of carbonyl (C=O) groups excluding carboxylic acids is 3. The van der Waals surface area contributed by atoms with Gasteiger partial charge in [0.15, 0.2) is 0 Å². The number of benzene rings is 4. The number of hydrogen-bond donors (Lipinski definition) is 9. The molecule has 2 atom stereocenters. The first-order chi connectivity index (χ1) is 43.3. The zero-order chi connectivity index (χ0) is 64.7. The van der Waals surface area contributed by atoms with Gasteiger partial charge in [0.05, 0.1) is 89.1 Å². The van der Waals surface area contributed by atoms with Crippen LogP contribution in [0.4, 0.5) is 14.4 Å². The highest BCUT2D eigenvalue weighted by molar-refractivity contribution is 7.89. The van der Waals surface area contributed by atoms with Crippen molar-refractivity contribution in [1.29, 1.82) is 0 Å². The fourth-order valence-corrected chi connectivity index (χ4v) is 13.3. The maximum Gasteiger partial charge on any atom is 0.314 e. The van der Waals surface area contributed by atoms with Gasteiger partial charge in [0.1, 0.15) is 0 Å². The largest absolute Gasteiger partial charge is 0.378 e. The molecule has 2 aliphatic heterocycles. The number of halogens is 4. The van der Waals surface area contributed by atoms with Crippen LogP contribution in [0, 0.1) is 0 Å². The van der Waals surface area contributed by atoms with Crippen molar-refractivity contribution in [3.63, 3.8) is 0 Å². The number of rotatable bonds is 41. The van der Waals surface area contributed by atoms with Gasteiger partial charge < -0.3 is 75.9 Å². The van der Waals surface area contributed by atoms with E-state index >= 15 is 0 Å². The Hall–Kier alpha value is -4.73. The average Bonchev–Trinajstić information content (AvgIpc) is 0.828. The molecule has 2 aliphatic rings.